The number of aliphatic hydroxyl groups is 1. The van der Waals surface area contributed by atoms with Crippen LogP contribution in [0.2, 0.25) is 0 Å². The molecule has 1 atom stereocenters. The molecule has 0 fully saturated rings. The Hall–Kier alpha value is -3.52. The third-order valence-corrected chi connectivity index (χ3v) is 5.93. The maximum Gasteiger partial charge on any atom is 0.343 e. The summed E-state index contributed by atoms with van der Waals surface area (Å²) in [5.41, 5.74) is 1.60. The first kappa shape index (κ1) is 18.5. The van der Waals surface area contributed by atoms with Crippen LogP contribution in [-0.4, -0.2) is 31.7 Å². The number of hydrogen-bond donors (Lipinski definition) is 2. The number of fused-ring (bicyclic) bond motifs is 5. The minimum absolute atomic E-state index is 0.0816. The fourth-order valence-electron chi connectivity index (χ4n) is 4.31. The number of nitrogens with zero attached hydrogens (tertiary/aromatic N) is 2. The number of cyclic esters (lactones) is 1. The van der Waals surface area contributed by atoms with Crippen molar-refractivity contribution in [2.45, 2.75) is 38.5 Å². The van der Waals surface area contributed by atoms with Crippen LogP contribution in [0.1, 0.15) is 35.6 Å². The first-order valence-electron chi connectivity index (χ1n) is 9.63. The summed E-state index contributed by atoms with van der Waals surface area (Å²) in [6.07, 6.45) is -0.0256. The van der Waals surface area contributed by atoms with E-state index in [1.165, 1.54) is 0 Å². The number of esters is 1. The van der Waals surface area contributed by atoms with E-state index >= 15 is 0 Å². The minimum Gasteiger partial charge on any atom is -0.481 e. The van der Waals surface area contributed by atoms with Crippen molar-refractivity contribution in [2.24, 2.45) is 0 Å². The Labute approximate surface area is 170 Å². The van der Waals surface area contributed by atoms with E-state index in [0.29, 0.717) is 29.0 Å². The Bertz CT molecular complexity index is 1330. The van der Waals surface area contributed by atoms with Crippen molar-refractivity contribution in [1.29, 1.82) is 0 Å². The lowest BCUT2D eigenvalue weighted by molar-refractivity contribution is -0.172. The largest absolute Gasteiger partial charge is 0.481 e. The number of rotatable bonds is 3. The van der Waals surface area contributed by atoms with E-state index in [1.54, 1.807) is 29.7 Å². The van der Waals surface area contributed by atoms with Gasteiger partial charge in [-0.05, 0) is 30.2 Å². The molecule has 4 heterocycles. The molecule has 3 aromatic rings. The predicted octanol–water partition coefficient (Wildman–Crippen LogP) is 1.71. The lowest BCUT2D eigenvalue weighted by Gasteiger charge is -2.31. The van der Waals surface area contributed by atoms with Gasteiger partial charge in [-0.1, -0.05) is 19.1 Å². The zero-order valence-electron chi connectivity index (χ0n) is 16.1. The Kier molecular flexibility index (Phi) is 3.85. The Morgan fingerprint density at radius 3 is 2.80 bits per heavy atom. The maximum absolute atomic E-state index is 13.1. The van der Waals surface area contributed by atoms with Gasteiger partial charge in [-0.15, -0.1) is 0 Å². The number of carboxylic acid groups (broad SMARTS) is 1. The fraction of sp³-hybridized carbons (Fsp3) is 0.273. The van der Waals surface area contributed by atoms with Crippen LogP contribution in [-0.2, 0) is 39.5 Å². The van der Waals surface area contributed by atoms with E-state index in [2.05, 4.69) is 0 Å². The molecule has 8 nitrogen and oxygen atoms in total. The zero-order valence-corrected chi connectivity index (χ0v) is 16.1. The van der Waals surface area contributed by atoms with Gasteiger partial charge in [-0.3, -0.25) is 9.59 Å². The van der Waals surface area contributed by atoms with E-state index in [9.17, 15) is 19.5 Å². The first-order chi connectivity index (χ1) is 14.3. The summed E-state index contributed by atoms with van der Waals surface area (Å²) in [5.74, 6) is -1.69. The molecule has 0 bridgehead atoms. The molecule has 2 N–H and O–H groups in total. The normalized spacial score (nSPS) is 19.2. The third-order valence-electron chi connectivity index (χ3n) is 5.93. The molecule has 8 heteroatoms. The molecule has 30 heavy (non-hydrogen) atoms. The van der Waals surface area contributed by atoms with Gasteiger partial charge in [0.25, 0.3) is 5.56 Å². The van der Waals surface area contributed by atoms with E-state index in [-0.39, 0.29) is 36.1 Å². The molecule has 0 saturated heterocycles. The lowest BCUT2D eigenvalue weighted by Crippen LogP contribution is -2.44. The quantitative estimate of drug-likeness (QED) is 0.497. The summed E-state index contributed by atoms with van der Waals surface area (Å²) in [5, 5.41) is 20.8. The molecule has 0 spiro atoms. The van der Waals surface area contributed by atoms with Crippen LogP contribution in [0.25, 0.3) is 22.3 Å². The molecular formula is C22H18N2O6. The van der Waals surface area contributed by atoms with Crippen LogP contribution >= 0.6 is 0 Å². The smallest absolute Gasteiger partial charge is 0.343 e. The van der Waals surface area contributed by atoms with Crippen molar-refractivity contribution in [3.8, 4) is 11.4 Å². The van der Waals surface area contributed by atoms with Crippen LogP contribution in [0.3, 0.4) is 0 Å². The second-order valence-electron chi connectivity index (χ2n) is 7.70. The number of hydrogen-bond acceptors (Lipinski definition) is 6. The summed E-state index contributed by atoms with van der Waals surface area (Å²) in [6, 6.07) is 8.89. The van der Waals surface area contributed by atoms with Crippen molar-refractivity contribution >= 4 is 22.8 Å². The highest BCUT2D eigenvalue weighted by Gasteiger charge is 2.45. The molecule has 2 aromatic heterocycles. The van der Waals surface area contributed by atoms with Gasteiger partial charge >= 0.3 is 11.9 Å². The van der Waals surface area contributed by atoms with Gasteiger partial charge < -0.3 is 19.5 Å². The number of ether oxygens (including phenoxy) is 1. The molecule has 0 radical (unpaired) electrons. The van der Waals surface area contributed by atoms with E-state index in [1.807, 2.05) is 12.1 Å². The van der Waals surface area contributed by atoms with Crippen molar-refractivity contribution in [2.75, 3.05) is 0 Å². The number of carbonyl (C=O) groups excluding carboxylic acids is 1. The highest BCUT2D eigenvalue weighted by molar-refractivity contribution is 5.87. The number of pyridine rings is 2. The van der Waals surface area contributed by atoms with Gasteiger partial charge in [0.05, 0.1) is 35.4 Å². The number of benzene rings is 1. The summed E-state index contributed by atoms with van der Waals surface area (Å²) in [6.45, 7) is 1.82. The van der Waals surface area contributed by atoms with Gasteiger partial charge in [0.1, 0.15) is 6.61 Å². The second kappa shape index (κ2) is 6.24. The van der Waals surface area contributed by atoms with E-state index in [0.717, 1.165) is 10.9 Å². The van der Waals surface area contributed by atoms with Gasteiger partial charge in [-0.2, -0.15) is 0 Å². The highest BCUT2D eigenvalue weighted by atomic mass is 16.6. The van der Waals surface area contributed by atoms with E-state index < -0.39 is 17.5 Å². The van der Waals surface area contributed by atoms with Gasteiger partial charge in [0, 0.05) is 16.5 Å². The number of aromatic nitrogens is 2. The molecule has 2 aliphatic rings. The summed E-state index contributed by atoms with van der Waals surface area (Å²) < 4.78 is 6.64. The average Bonchev–Trinajstić information content (AvgIpc) is 3.07. The topological polar surface area (TPSA) is 119 Å². The first-order valence-corrected chi connectivity index (χ1v) is 9.63. The van der Waals surface area contributed by atoms with Gasteiger partial charge in [0.15, 0.2) is 5.60 Å². The molecule has 0 saturated carbocycles. The molecule has 1 aromatic carbocycles. The van der Waals surface area contributed by atoms with Crippen molar-refractivity contribution in [1.82, 2.24) is 9.55 Å². The highest BCUT2D eigenvalue weighted by Crippen LogP contribution is 2.38. The minimum atomic E-state index is -1.86. The fourth-order valence-corrected chi connectivity index (χ4v) is 4.31. The molecular weight excluding hydrogens is 388 g/mol. The maximum atomic E-state index is 13.1. The molecule has 152 valence electrons. The lowest BCUT2D eigenvalue weighted by atomic mass is 9.86. The van der Waals surface area contributed by atoms with Crippen LogP contribution in [0.15, 0.2) is 35.1 Å². The van der Waals surface area contributed by atoms with Crippen molar-refractivity contribution in [3.05, 3.63) is 62.9 Å². The second-order valence-corrected chi connectivity index (χ2v) is 7.70. The Balaban J connectivity index is 1.72. The van der Waals surface area contributed by atoms with Gasteiger partial charge in [-0.25, -0.2) is 9.78 Å². The Morgan fingerprint density at radius 2 is 2.07 bits per heavy atom. The molecule has 0 amide bonds. The molecule has 2 aliphatic heterocycles. The third kappa shape index (κ3) is 2.50. The predicted molar refractivity (Wildman–Crippen MR) is 106 cm³/mol. The van der Waals surface area contributed by atoms with Crippen LogP contribution in [0.5, 0.6) is 0 Å². The SMILES string of the molecule is CCC1(O)C(=O)OCc2c1cc1n(c2=O)Cc2cc3ccc(CC(=O)O)cc3nc2-1. The number of carbonyl (C=O) groups is 2. The Morgan fingerprint density at radius 1 is 1.27 bits per heavy atom. The van der Waals surface area contributed by atoms with Gasteiger partial charge in [0.2, 0.25) is 0 Å². The summed E-state index contributed by atoms with van der Waals surface area (Å²) in [7, 11) is 0. The van der Waals surface area contributed by atoms with Crippen molar-refractivity contribution < 1.29 is 24.5 Å². The van der Waals surface area contributed by atoms with E-state index in [4.69, 9.17) is 14.8 Å². The van der Waals surface area contributed by atoms with Crippen LogP contribution in [0.4, 0.5) is 0 Å². The molecule has 1 unspecified atom stereocenters. The number of aliphatic carboxylic acids is 1. The average molecular weight is 406 g/mol. The van der Waals surface area contributed by atoms with Crippen molar-refractivity contribution in [3.63, 3.8) is 0 Å². The zero-order chi connectivity index (χ0) is 21.2. The van der Waals surface area contributed by atoms with Crippen LogP contribution < -0.4 is 5.56 Å². The standard InChI is InChI=1S/C22H18N2O6/c1-2-22(29)15-8-17-19-13(9-24(17)20(27)14(15)10-30-21(22)28)7-12-4-3-11(6-18(25)26)5-16(12)23-19/h3-5,7-8,29H,2,6,9-10H2,1H3,(H,25,26). The summed E-state index contributed by atoms with van der Waals surface area (Å²) >= 11 is 0. The summed E-state index contributed by atoms with van der Waals surface area (Å²) in [4.78, 5) is 41.1. The molecule has 5 rings (SSSR count). The number of carboxylic acids is 1. The molecule has 0 aliphatic carbocycles. The van der Waals surface area contributed by atoms with Crippen LogP contribution in [0, 0.1) is 0 Å². The monoisotopic (exact) mass is 406 g/mol.